The Kier molecular flexibility index (Phi) is 8.27. The van der Waals surface area contributed by atoms with E-state index in [0.717, 1.165) is 6.07 Å². The fraction of sp³-hybridized carbons (Fsp3) is 0.269. The van der Waals surface area contributed by atoms with Crippen LogP contribution < -0.4 is 14.4 Å². The molecule has 2 aromatic carbocycles. The van der Waals surface area contributed by atoms with Gasteiger partial charge in [0.15, 0.2) is 0 Å². The van der Waals surface area contributed by atoms with Crippen molar-refractivity contribution in [3.05, 3.63) is 68.9 Å². The zero-order valence-corrected chi connectivity index (χ0v) is 21.6. The summed E-state index contributed by atoms with van der Waals surface area (Å²) >= 11 is 6.66. The lowest BCUT2D eigenvalue weighted by atomic mass is 10.1. The van der Waals surface area contributed by atoms with Crippen LogP contribution in [0.3, 0.4) is 0 Å². The Bertz CT molecular complexity index is 1370. The smallest absolute Gasteiger partial charge is 0.425 e. The average Bonchev–Trinajstić information content (AvgIpc) is 3.47. The first-order valence-electron chi connectivity index (χ1n) is 11.4. The molecule has 12 heteroatoms. The molecule has 3 aromatic rings. The number of carbonyl (C=O) groups excluding carboxylic acids is 1. The van der Waals surface area contributed by atoms with Gasteiger partial charge in [0, 0.05) is 53.0 Å². The number of halogens is 4. The fourth-order valence-corrected chi connectivity index (χ4v) is 4.99. The molecule has 0 aliphatic carbocycles. The van der Waals surface area contributed by atoms with Crippen molar-refractivity contribution in [2.75, 3.05) is 25.2 Å². The third-order valence-electron chi connectivity index (χ3n) is 5.63. The van der Waals surface area contributed by atoms with Crippen LogP contribution in [0.15, 0.2) is 53.5 Å². The summed E-state index contributed by atoms with van der Waals surface area (Å²) in [6.07, 6.45) is -3.96. The molecule has 200 valence electrons. The summed E-state index contributed by atoms with van der Waals surface area (Å²) in [5, 5.41) is 9.25. The number of alkyl halides is 3. The summed E-state index contributed by atoms with van der Waals surface area (Å²) in [6.45, 7) is 0.364. The molecule has 0 spiro atoms. The molecule has 1 amide bonds. The Morgan fingerprint density at radius 1 is 1.13 bits per heavy atom. The van der Waals surface area contributed by atoms with Crippen LogP contribution in [-0.4, -0.2) is 43.0 Å². The van der Waals surface area contributed by atoms with Gasteiger partial charge in [-0.25, -0.2) is 4.99 Å². The standard InChI is InChI=1S/C26H22ClF3N2O5S/c1-36-18-11-17(12-19(13-18)37-10-2-3-23(33)34)31-24(15-4-6-16(27)7-5-15)25(35)32-9-8-21-20(32)14-22(38-21)26(28,29)30/h4-7,11-14H,2-3,8-10H2,1H3,(H,33,34). The van der Waals surface area contributed by atoms with Crippen LogP contribution in [0.2, 0.25) is 5.02 Å². The molecule has 7 nitrogen and oxygen atoms in total. The normalized spacial score (nSPS) is 13.4. The molecule has 1 N–H and O–H groups in total. The number of rotatable bonds is 9. The average molecular weight is 567 g/mol. The molecule has 1 aliphatic rings. The van der Waals surface area contributed by atoms with Crippen LogP contribution in [0.25, 0.3) is 0 Å². The van der Waals surface area contributed by atoms with E-state index in [1.807, 2.05) is 0 Å². The summed E-state index contributed by atoms with van der Waals surface area (Å²) in [5.41, 5.74) is 0.948. The molecule has 2 heterocycles. The second kappa shape index (κ2) is 11.4. The van der Waals surface area contributed by atoms with Crippen LogP contribution in [0.5, 0.6) is 11.5 Å². The van der Waals surface area contributed by atoms with Gasteiger partial charge in [0.05, 0.1) is 25.1 Å². The van der Waals surface area contributed by atoms with Gasteiger partial charge in [0.25, 0.3) is 5.91 Å². The zero-order chi connectivity index (χ0) is 27.4. The number of thiophene rings is 1. The van der Waals surface area contributed by atoms with Gasteiger partial charge in [-0.15, -0.1) is 11.3 Å². The quantitative estimate of drug-likeness (QED) is 0.240. The lowest BCUT2D eigenvalue weighted by Gasteiger charge is -2.18. The number of hydrogen-bond donors (Lipinski definition) is 1. The highest BCUT2D eigenvalue weighted by atomic mass is 35.5. The zero-order valence-electron chi connectivity index (χ0n) is 20.0. The van der Waals surface area contributed by atoms with E-state index in [0.29, 0.717) is 50.4 Å². The third kappa shape index (κ3) is 6.46. The third-order valence-corrected chi connectivity index (χ3v) is 7.11. The number of aliphatic carboxylic acids is 1. The van der Waals surface area contributed by atoms with Gasteiger partial charge in [-0.2, -0.15) is 13.2 Å². The predicted molar refractivity (Wildman–Crippen MR) is 138 cm³/mol. The SMILES string of the molecule is COc1cc(N=C(C(=O)N2CCc3sc(C(F)(F)F)cc32)c2ccc(Cl)cc2)cc(OCCCC(=O)O)c1. The summed E-state index contributed by atoms with van der Waals surface area (Å²) in [6, 6.07) is 12.1. The summed E-state index contributed by atoms with van der Waals surface area (Å²) in [7, 11) is 1.45. The Morgan fingerprint density at radius 2 is 1.84 bits per heavy atom. The highest BCUT2D eigenvalue weighted by Crippen LogP contribution is 2.43. The number of methoxy groups -OCH3 is 1. The van der Waals surface area contributed by atoms with Crippen molar-refractivity contribution in [2.45, 2.75) is 25.4 Å². The lowest BCUT2D eigenvalue weighted by Crippen LogP contribution is -2.35. The molecule has 0 saturated carbocycles. The second-order valence-electron chi connectivity index (χ2n) is 8.30. The van der Waals surface area contributed by atoms with Crippen LogP contribution in [-0.2, 0) is 22.2 Å². The number of amides is 1. The van der Waals surface area contributed by atoms with Gasteiger partial charge in [-0.05, 0) is 24.6 Å². The van der Waals surface area contributed by atoms with E-state index in [2.05, 4.69) is 4.99 Å². The topological polar surface area (TPSA) is 88.4 Å². The van der Waals surface area contributed by atoms with E-state index in [4.69, 9.17) is 26.2 Å². The number of nitrogens with zero attached hydrogens (tertiary/aromatic N) is 2. The number of anilines is 1. The van der Waals surface area contributed by atoms with Crippen LogP contribution in [0.4, 0.5) is 24.5 Å². The number of ether oxygens (including phenoxy) is 2. The molecule has 0 bridgehead atoms. The first-order valence-corrected chi connectivity index (χ1v) is 12.6. The summed E-state index contributed by atoms with van der Waals surface area (Å²) in [5.74, 6) is -0.760. The van der Waals surface area contributed by atoms with E-state index >= 15 is 0 Å². The molecule has 0 saturated heterocycles. The van der Waals surface area contributed by atoms with Crippen molar-refractivity contribution in [3.63, 3.8) is 0 Å². The van der Waals surface area contributed by atoms with Crippen molar-refractivity contribution >= 4 is 51.9 Å². The van der Waals surface area contributed by atoms with Gasteiger partial charge in [-0.1, -0.05) is 23.7 Å². The highest BCUT2D eigenvalue weighted by Gasteiger charge is 2.38. The number of carbonyl (C=O) groups is 2. The van der Waals surface area contributed by atoms with Crippen molar-refractivity contribution < 1.29 is 37.3 Å². The molecule has 4 rings (SSSR count). The maximum atomic E-state index is 13.7. The molecule has 0 fully saturated rings. The maximum absolute atomic E-state index is 13.7. The molecule has 38 heavy (non-hydrogen) atoms. The number of hydrogen-bond acceptors (Lipinski definition) is 6. The predicted octanol–water partition coefficient (Wildman–Crippen LogP) is 6.38. The van der Waals surface area contributed by atoms with E-state index in [-0.39, 0.29) is 37.4 Å². The molecule has 0 atom stereocenters. The highest BCUT2D eigenvalue weighted by molar-refractivity contribution is 7.12. The first kappa shape index (κ1) is 27.5. The van der Waals surface area contributed by atoms with Crippen LogP contribution in [0.1, 0.15) is 28.2 Å². The Labute approximate surface area is 225 Å². The molecular formula is C26H22ClF3N2O5S. The number of aliphatic imine (C=N–C) groups is 1. The van der Waals surface area contributed by atoms with Crippen molar-refractivity contribution in [2.24, 2.45) is 4.99 Å². The minimum absolute atomic E-state index is 0.000597. The second-order valence-corrected chi connectivity index (χ2v) is 9.88. The fourth-order valence-electron chi connectivity index (χ4n) is 3.85. The summed E-state index contributed by atoms with van der Waals surface area (Å²) < 4.78 is 50.9. The van der Waals surface area contributed by atoms with Gasteiger partial charge in [-0.3, -0.25) is 9.59 Å². The Morgan fingerprint density at radius 3 is 2.50 bits per heavy atom. The molecule has 0 unspecified atom stereocenters. The number of benzene rings is 2. The van der Waals surface area contributed by atoms with Crippen molar-refractivity contribution in [3.8, 4) is 11.5 Å². The van der Waals surface area contributed by atoms with Gasteiger partial charge in [0.2, 0.25) is 0 Å². The minimum atomic E-state index is -4.50. The Balaban J connectivity index is 1.70. The first-order chi connectivity index (χ1) is 18.0. The van der Waals surface area contributed by atoms with Crippen LogP contribution in [0, 0.1) is 0 Å². The number of carboxylic acid groups (broad SMARTS) is 1. The molecule has 1 aromatic heterocycles. The van der Waals surface area contributed by atoms with E-state index in [9.17, 15) is 22.8 Å². The van der Waals surface area contributed by atoms with E-state index in [1.54, 1.807) is 42.5 Å². The molecule has 1 aliphatic heterocycles. The number of fused-ring (bicyclic) bond motifs is 1. The Hall–Kier alpha value is -3.57. The lowest BCUT2D eigenvalue weighted by molar-refractivity contribution is -0.137. The van der Waals surface area contributed by atoms with Gasteiger partial charge < -0.3 is 19.5 Å². The molecule has 0 radical (unpaired) electrons. The van der Waals surface area contributed by atoms with E-state index < -0.39 is 22.9 Å². The van der Waals surface area contributed by atoms with Gasteiger partial charge >= 0.3 is 12.1 Å². The van der Waals surface area contributed by atoms with Crippen LogP contribution >= 0.6 is 22.9 Å². The largest absolute Gasteiger partial charge is 0.497 e. The van der Waals surface area contributed by atoms with Crippen molar-refractivity contribution in [1.82, 2.24) is 0 Å². The van der Waals surface area contributed by atoms with E-state index in [1.165, 1.54) is 12.0 Å². The number of carboxylic acids is 1. The maximum Gasteiger partial charge on any atom is 0.425 e. The monoisotopic (exact) mass is 566 g/mol. The molecular weight excluding hydrogens is 545 g/mol. The minimum Gasteiger partial charge on any atom is -0.497 e. The van der Waals surface area contributed by atoms with Gasteiger partial charge in [0.1, 0.15) is 22.1 Å². The summed E-state index contributed by atoms with van der Waals surface area (Å²) in [4.78, 5) is 30.1. The van der Waals surface area contributed by atoms with Crippen molar-refractivity contribution in [1.29, 1.82) is 0 Å².